The maximum Gasteiger partial charge on any atom is 0.415 e. The molecule has 0 aliphatic carbocycles. The molecule has 8 heteroatoms. The Morgan fingerprint density at radius 2 is 2.29 bits per heavy atom. The predicted octanol–water partition coefficient (Wildman–Crippen LogP) is 2.31. The zero-order valence-corrected chi connectivity index (χ0v) is 11.3. The Balaban J connectivity index is 2.33. The highest BCUT2D eigenvalue weighted by Gasteiger charge is 2.07. The number of carbonyl (C=O) groups excluding carboxylic acids is 2. The second-order valence-corrected chi connectivity index (χ2v) is 4.44. The summed E-state index contributed by atoms with van der Waals surface area (Å²) in [5.74, 6) is 0. The number of imide groups is 1. The fraction of sp³-hybridized carbons (Fsp3) is 0.222. The molecule has 0 unspecified atom stereocenters. The summed E-state index contributed by atoms with van der Waals surface area (Å²) in [6.45, 7) is 1.86. The Hall–Kier alpha value is -1.28. The number of nitrogens with zero attached hydrogens (tertiary/aromatic N) is 1. The van der Waals surface area contributed by atoms with Crippen molar-refractivity contribution in [3.05, 3.63) is 22.8 Å². The van der Waals surface area contributed by atoms with Crippen LogP contribution in [0, 0.1) is 0 Å². The molecule has 0 saturated heterocycles. The fourth-order valence-corrected chi connectivity index (χ4v) is 1.53. The fourth-order valence-electron chi connectivity index (χ4n) is 0.807. The van der Waals surface area contributed by atoms with Gasteiger partial charge < -0.3 is 4.74 Å². The van der Waals surface area contributed by atoms with E-state index in [4.69, 9.17) is 0 Å². The van der Waals surface area contributed by atoms with E-state index in [-0.39, 0.29) is 6.61 Å². The number of carbonyl (C=O) groups is 2. The molecule has 0 radical (unpaired) electrons. The number of alkyl carbamates (subject to hydrolysis) is 1. The molecule has 0 aromatic carbocycles. The Morgan fingerprint density at radius 3 is 2.88 bits per heavy atom. The average molecular weight is 320 g/mol. The third-order valence-corrected chi connectivity index (χ3v) is 2.65. The van der Waals surface area contributed by atoms with Gasteiger partial charge in [0.05, 0.1) is 6.61 Å². The second kappa shape index (κ2) is 7.13. The van der Waals surface area contributed by atoms with Crippen molar-refractivity contribution in [1.29, 1.82) is 0 Å². The molecule has 17 heavy (non-hydrogen) atoms. The van der Waals surface area contributed by atoms with Crippen LogP contribution in [-0.2, 0) is 4.74 Å². The number of aromatic nitrogens is 1. The first-order valence-corrected chi connectivity index (χ1v) is 6.25. The molecule has 0 bridgehead atoms. The molecule has 1 rings (SSSR count). The Kier molecular flexibility index (Phi) is 5.78. The van der Waals surface area contributed by atoms with Crippen molar-refractivity contribution in [2.45, 2.75) is 11.9 Å². The topological polar surface area (TPSA) is 80.3 Å². The van der Waals surface area contributed by atoms with E-state index < -0.39 is 12.1 Å². The summed E-state index contributed by atoms with van der Waals surface area (Å²) in [5.41, 5.74) is 0. The molecular formula is C9H10BrN3O3S. The lowest BCUT2D eigenvalue weighted by molar-refractivity contribution is 0.153. The number of pyridine rings is 1. The van der Waals surface area contributed by atoms with Crippen LogP contribution in [0.5, 0.6) is 0 Å². The van der Waals surface area contributed by atoms with Crippen LogP contribution < -0.4 is 10.0 Å². The zero-order valence-electron chi connectivity index (χ0n) is 8.90. The van der Waals surface area contributed by atoms with Crippen molar-refractivity contribution in [2.75, 3.05) is 6.61 Å². The molecule has 3 amide bonds. The number of hydrogen-bond donors (Lipinski definition) is 2. The molecule has 0 fully saturated rings. The maximum atomic E-state index is 11.2. The molecule has 0 aliphatic heterocycles. The molecule has 6 nitrogen and oxygen atoms in total. The van der Waals surface area contributed by atoms with Crippen LogP contribution in [0.3, 0.4) is 0 Å². The van der Waals surface area contributed by atoms with Crippen molar-refractivity contribution < 1.29 is 14.3 Å². The van der Waals surface area contributed by atoms with Gasteiger partial charge in [-0.1, -0.05) is 0 Å². The monoisotopic (exact) mass is 319 g/mol. The molecule has 2 N–H and O–H groups in total. The summed E-state index contributed by atoms with van der Waals surface area (Å²) in [5, 5.41) is 2.60. The number of halogens is 1. The average Bonchev–Trinajstić information content (AvgIpc) is 2.28. The van der Waals surface area contributed by atoms with E-state index in [9.17, 15) is 9.59 Å². The number of amides is 3. The molecule has 1 aromatic heterocycles. The predicted molar refractivity (Wildman–Crippen MR) is 66.5 cm³/mol. The standard InChI is InChI=1S/C9H10BrN3O3S/c1-2-16-9(15)12-8(14)13-17-7-4-3-6(10)5-11-7/h3-5H,2H2,1H3,(H2,12,13,14,15). The number of ether oxygens (including phenoxy) is 1. The van der Waals surface area contributed by atoms with E-state index in [1.807, 2.05) is 5.32 Å². The van der Waals surface area contributed by atoms with Crippen molar-refractivity contribution in [3.63, 3.8) is 0 Å². The largest absolute Gasteiger partial charge is 0.450 e. The van der Waals surface area contributed by atoms with Crippen molar-refractivity contribution >= 4 is 40.0 Å². The van der Waals surface area contributed by atoms with Gasteiger partial charge in [0.2, 0.25) is 0 Å². The summed E-state index contributed by atoms with van der Waals surface area (Å²) in [7, 11) is 0. The third kappa shape index (κ3) is 5.55. The van der Waals surface area contributed by atoms with Crippen molar-refractivity contribution in [1.82, 2.24) is 15.0 Å². The van der Waals surface area contributed by atoms with Crippen LogP contribution in [0.2, 0.25) is 0 Å². The van der Waals surface area contributed by atoms with Gasteiger partial charge in [-0.05, 0) is 35.0 Å². The van der Waals surface area contributed by atoms with Gasteiger partial charge in [-0.2, -0.15) is 0 Å². The van der Waals surface area contributed by atoms with E-state index in [1.54, 1.807) is 25.3 Å². The van der Waals surface area contributed by atoms with Crippen molar-refractivity contribution in [2.24, 2.45) is 0 Å². The van der Waals surface area contributed by atoms with E-state index in [1.165, 1.54) is 0 Å². The molecule has 92 valence electrons. The lowest BCUT2D eigenvalue weighted by Gasteiger charge is -2.05. The van der Waals surface area contributed by atoms with Crippen LogP contribution in [0.25, 0.3) is 0 Å². The molecule has 1 aromatic rings. The van der Waals surface area contributed by atoms with E-state index in [0.29, 0.717) is 5.03 Å². The minimum absolute atomic E-state index is 0.209. The Labute approximate surface area is 111 Å². The number of nitrogens with one attached hydrogen (secondary N) is 2. The van der Waals surface area contributed by atoms with Gasteiger partial charge in [-0.25, -0.2) is 19.9 Å². The van der Waals surface area contributed by atoms with Gasteiger partial charge >= 0.3 is 12.1 Å². The highest BCUT2D eigenvalue weighted by molar-refractivity contribution is 9.10. The number of urea groups is 1. The molecule has 0 spiro atoms. The summed E-state index contributed by atoms with van der Waals surface area (Å²) >= 11 is 4.24. The summed E-state index contributed by atoms with van der Waals surface area (Å²) in [6, 6.07) is 2.86. The molecule has 0 atom stereocenters. The van der Waals surface area contributed by atoms with Gasteiger partial charge in [0, 0.05) is 22.6 Å². The normalized spacial score (nSPS) is 9.53. The first-order valence-electron chi connectivity index (χ1n) is 4.64. The van der Waals surface area contributed by atoms with Crippen LogP contribution >= 0.6 is 27.9 Å². The summed E-state index contributed by atoms with van der Waals surface area (Å²) in [4.78, 5) is 26.1. The zero-order chi connectivity index (χ0) is 12.7. The second-order valence-electron chi connectivity index (χ2n) is 2.69. The minimum atomic E-state index is -0.783. The highest BCUT2D eigenvalue weighted by Crippen LogP contribution is 2.14. The quantitative estimate of drug-likeness (QED) is 0.836. The Morgan fingerprint density at radius 1 is 1.53 bits per heavy atom. The van der Waals surface area contributed by atoms with Crippen LogP contribution in [0.1, 0.15) is 6.92 Å². The molecule has 1 heterocycles. The van der Waals surface area contributed by atoms with Gasteiger partial charge in [-0.15, -0.1) is 0 Å². The summed E-state index contributed by atoms with van der Waals surface area (Å²) < 4.78 is 7.78. The first-order chi connectivity index (χ1) is 8.11. The van der Waals surface area contributed by atoms with Gasteiger partial charge in [0.15, 0.2) is 0 Å². The van der Waals surface area contributed by atoms with Crippen molar-refractivity contribution in [3.8, 4) is 0 Å². The lowest BCUT2D eigenvalue weighted by Crippen LogP contribution is -2.36. The van der Waals surface area contributed by atoms with Crippen LogP contribution in [-0.4, -0.2) is 23.7 Å². The van der Waals surface area contributed by atoms with E-state index in [0.717, 1.165) is 16.4 Å². The van der Waals surface area contributed by atoms with Gasteiger partial charge in [-0.3, -0.25) is 4.72 Å². The van der Waals surface area contributed by atoms with E-state index >= 15 is 0 Å². The first kappa shape index (κ1) is 13.8. The summed E-state index contributed by atoms with van der Waals surface area (Å²) in [6.07, 6.45) is 0.821. The highest BCUT2D eigenvalue weighted by atomic mass is 79.9. The minimum Gasteiger partial charge on any atom is -0.450 e. The Bertz CT molecular complexity index is 399. The molecule has 0 aliphatic rings. The third-order valence-electron chi connectivity index (χ3n) is 1.44. The van der Waals surface area contributed by atoms with Gasteiger partial charge in [0.25, 0.3) is 0 Å². The number of hydrogen-bond acceptors (Lipinski definition) is 5. The van der Waals surface area contributed by atoms with Crippen LogP contribution in [0.4, 0.5) is 9.59 Å². The number of rotatable bonds is 3. The molecule has 0 saturated carbocycles. The van der Waals surface area contributed by atoms with Gasteiger partial charge in [0.1, 0.15) is 5.03 Å². The maximum absolute atomic E-state index is 11.2. The lowest BCUT2D eigenvalue weighted by atomic mass is 10.5. The van der Waals surface area contributed by atoms with Crippen LogP contribution in [0.15, 0.2) is 27.8 Å². The smallest absolute Gasteiger partial charge is 0.415 e. The molecular weight excluding hydrogens is 310 g/mol. The SMILES string of the molecule is CCOC(=O)NC(=O)NSc1ccc(Br)cn1. The van der Waals surface area contributed by atoms with E-state index in [2.05, 4.69) is 30.4 Å².